The SMILES string of the molecule is C=CCOCCOC(=O)/C(C#N)=C1\Sc2c(OC(=O)C3CCC(OC(=O)C4CCC(C(=O)OCCOC(=O)C=C)C4)CC3)ccc(OC(O)C3CCC(OCC(=O)C4CCC(C(=O)OCCOC(=O)CC)CC4)CC3)c2S1. The van der Waals surface area contributed by atoms with E-state index in [0.717, 1.165) is 29.6 Å². The standard InChI is InChI=1S/C55H69NO19S2/c1-4-23-66-24-25-71-54(65)41(31-56)55-76-47-43(74-51(62)35-13-17-39(18-14-35)72-32-42(57)33-7-9-34(10-8-33)49(60)69-28-26-67-45(58)5-2)21-22-44(48(47)77-55)75-52(63)36-15-19-40(20-16-36)73-53(64)38-12-11-37(30-38)50(61)70-29-27-68-46(59)6-3/h4,6,21-22,33-40,51,62H,1,3,5,7-20,23-30,32H2,2H3/b55-41-. The van der Waals surface area contributed by atoms with Crippen LogP contribution in [0.5, 0.6) is 11.5 Å². The van der Waals surface area contributed by atoms with E-state index in [1.54, 1.807) is 25.1 Å². The van der Waals surface area contributed by atoms with Gasteiger partial charge >= 0.3 is 41.8 Å². The molecule has 6 rings (SSSR count). The van der Waals surface area contributed by atoms with Crippen molar-refractivity contribution in [3.05, 3.63) is 47.3 Å². The van der Waals surface area contributed by atoms with Crippen LogP contribution in [0.3, 0.4) is 0 Å². The Morgan fingerprint density at radius 1 is 0.662 bits per heavy atom. The predicted molar refractivity (Wildman–Crippen MR) is 274 cm³/mol. The molecule has 4 aliphatic carbocycles. The van der Waals surface area contributed by atoms with Crippen LogP contribution in [0.4, 0.5) is 0 Å². The van der Waals surface area contributed by atoms with Crippen molar-refractivity contribution in [2.75, 3.05) is 52.9 Å². The van der Waals surface area contributed by atoms with E-state index >= 15 is 0 Å². The van der Waals surface area contributed by atoms with Gasteiger partial charge in [0.05, 0.1) is 57.0 Å². The number of hydrogen-bond acceptors (Lipinski definition) is 22. The Balaban J connectivity index is 0.992. The molecule has 420 valence electrons. The molecule has 0 aromatic heterocycles. The molecule has 4 saturated carbocycles. The van der Waals surface area contributed by atoms with Crippen molar-refractivity contribution in [2.45, 2.75) is 138 Å². The molecule has 3 unspecified atom stereocenters. The summed E-state index contributed by atoms with van der Waals surface area (Å²) in [5.74, 6) is -5.48. The van der Waals surface area contributed by atoms with E-state index in [4.69, 9.17) is 47.4 Å². The van der Waals surface area contributed by atoms with Crippen LogP contribution in [-0.4, -0.2) is 124 Å². The van der Waals surface area contributed by atoms with Crippen LogP contribution in [0.15, 0.2) is 57.0 Å². The first-order valence-electron chi connectivity index (χ1n) is 26.4. The number of hydrogen-bond donors (Lipinski definition) is 1. The van der Waals surface area contributed by atoms with Crippen molar-refractivity contribution in [2.24, 2.45) is 35.5 Å². The Hall–Kier alpha value is -5.73. The fraction of sp³-hybridized carbons (Fsp3) is 0.618. The number of esters is 7. The van der Waals surface area contributed by atoms with Crippen molar-refractivity contribution in [3.63, 3.8) is 0 Å². The van der Waals surface area contributed by atoms with Gasteiger partial charge < -0.3 is 52.5 Å². The van der Waals surface area contributed by atoms with Crippen molar-refractivity contribution in [3.8, 4) is 17.6 Å². The van der Waals surface area contributed by atoms with E-state index in [-0.39, 0.29) is 129 Å². The molecule has 4 fully saturated rings. The van der Waals surface area contributed by atoms with Crippen molar-refractivity contribution < 1.29 is 90.8 Å². The van der Waals surface area contributed by atoms with Crippen LogP contribution in [-0.2, 0) is 76.3 Å². The number of nitriles is 1. The summed E-state index contributed by atoms with van der Waals surface area (Å²) < 4.78 is 55.3. The number of Topliss-reactive ketones (excluding diaryl/α,β-unsaturated/α-hetero) is 1. The number of rotatable bonds is 27. The molecule has 0 bridgehead atoms. The number of benzene rings is 1. The number of aliphatic hydroxyl groups excluding tert-OH is 1. The quantitative estimate of drug-likeness (QED) is 0.0133. The normalized spacial score (nSPS) is 24.8. The fourth-order valence-corrected chi connectivity index (χ4v) is 12.4. The lowest BCUT2D eigenvalue weighted by molar-refractivity contribution is -0.157. The number of nitrogens with zero attached hydrogens (tertiary/aromatic N) is 1. The molecule has 0 saturated heterocycles. The van der Waals surface area contributed by atoms with Gasteiger partial charge in [0.2, 0.25) is 0 Å². The van der Waals surface area contributed by atoms with E-state index in [0.29, 0.717) is 99.7 Å². The van der Waals surface area contributed by atoms with Crippen LogP contribution >= 0.6 is 23.5 Å². The van der Waals surface area contributed by atoms with Gasteiger partial charge in [-0.25, -0.2) is 9.59 Å². The molecule has 77 heavy (non-hydrogen) atoms. The minimum atomic E-state index is -1.26. The van der Waals surface area contributed by atoms with E-state index in [2.05, 4.69) is 13.2 Å². The van der Waals surface area contributed by atoms with Crippen LogP contribution in [0.2, 0.25) is 0 Å². The molecule has 1 aromatic rings. The van der Waals surface area contributed by atoms with E-state index in [1.165, 1.54) is 0 Å². The summed E-state index contributed by atoms with van der Waals surface area (Å²) in [6.45, 7) is 8.56. The molecule has 3 atom stereocenters. The highest BCUT2D eigenvalue weighted by Gasteiger charge is 2.40. The molecule has 5 aliphatic rings. The number of carbonyl (C=O) groups is 8. The zero-order valence-corrected chi connectivity index (χ0v) is 45.1. The molecule has 1 N–H and O–H groups in total. The van der Waals surface area contributed by atoms with Gasteiger partial charge in [-0.2, -0.15) is 5.26 Å². The number of ketones is 1. The largest absolute Gasteiger partial charge is 0.464 e. The molecule has 20 nitrogen and oxygen atoms in total. The molecule has 1 heterocycles. The molecule has 22 heteroatoms. The average Bonchev–Trinajstić information content (AvgIpc) is 4.13. The first-order chi connectivity index (χ1) is 37.2. The third kappa shape index (κ3) is 18.2. The summed E-state index contributed by atoms with van der Waals surface area (Å²) in [7, 11) is 0. The first-order valence-corrected chi connectivity index (χ1v) is 28.1. The molecule has 0 radical (unpaired) electrons. The Labute approximate surface area is 456 Å². The second-order valence-electron chi connectivity index (χ2n) is 19.4. The highest BCUT2D eigenvalue weighted by Crippen LogP contribution is 2.59. The van der Waals surface area contributed by atoms with E-state index < -0.39 is 60.0 Å². The van der Waals surface area contributed by atoms with Gasteiger partial charge in [-0.3, -0.25) is 28.8 Å². The average molecular weight is 1110 g/mol. The maximum Gasteiger partial charge on any atom is 0.350 e. The number of fused-ring (bicyclic) bond motifs is 1. The maximum atomic E-state index is 13.8. The first kappa shape index (κ1) is 60.5. The van der Waals surface area contributed by atoms with E-state index in [1.807, 2.05) is 6.07 Å². The van der Waals surface area contributed by atoms with Crippen LogP contribution in [0.1, 0.15) is 110 Å². The minimum absolute atomic E-state index is 0.00352. The predicted octanol–water partition coefficient (Wildman–Crippen LogP) is 7.21. The lowest BCUT2D eigenvalue weighted by Gasteiger charge is -2.32. The summed E-state index contributed by atoms with van der Waals surface area (Å²) in [6, 6.07) is 5.05. The summed E-state index contributed by atoms with van der Waals surface area (Å²) in [5.41, 5.74) is -0.276. The number of thioether (sulfide) groups is 2. The smallest absolute Gasteiger partial charge is 0.350 e. The molecule has 1 aromatic carbocycles. The van der Waals surface area contributed by atoms with Crippen molar-refractivity contribution in [1.82, 2.24) is 0 Å². The third-order valence-electron chi connectivity index (χ3n) is 14.2. The molecular weight excluding hydrogens is 1040 g/mol. The van der Waals surface area contributed by atoms with Crippen molar-refractivity contribution >= 4 is 71.1 Å². The minimum Gasteiger partial charge on any atom is -0.464 e. The molecule has 0 amide bonds. The lowest BCUT2D eigenvalue weighted by atomic mass is 9.80. The van der Waals surface area contributed by atoms with Gasteiger partial charge in [0, 0.05) is 24.3 Å². The molecular formula is C55H69NO19S2. The van der Waals surface area contributed by atoms with Gasteiger partial charge in [-0.1, -0.05) is 43.1 Å². The van der Waals surface area contributed by atoms with Crippen LogP contribution in [0, 0.1) is 46.8 Å². The van der Waals surface area contributed by atoms with Gasteiger partial charge in [-0.05, 0) is 108 Å². The highest BCUT2D eigenvalue weighted by molar-refractivity contribution is 8.24. The van der Waals surface area contributed by atoms with Gasteiger partial charge in [0.1, 0.15) is 63.3 Å². The summed E-state index contributed by atoms with van der Waals surface area (Å²) in [6.07, 6.45) is 8.09. The zero-order valence-electron chi connectivity index (χ0n) is 43.4. The number of ether oxygens (including phenoxy) is 10. The maximum absolute atomic E-state index is 13.8. The van der Waals surface area contributed by atoms with Crippen LogP contribution in [0.25, 0.3) is 0 Å². The van der Waals surface area contributed by atoms with Gasteiger partial charge in [0.25, 0.3) is 0 Å². The fourth-order valence-electron chi connectivity index (χ4n) is 9.80. The van der Waals surface area contributed by atoms with E-state index in [9.17, 15) is 48.7 Å². The van der Waals surface area contributed by atoms with Gasteiger partial charge in [-0.15, -0.1) is 6.58 Å². The Kier molecular flexibility index (Phi) is 24.4. The Bertz CT molecular complexity index is 2360. The zero-order chi connectivity index (χ0) is 55.3. The second kappa shape index (κ2) is 31.0. The number of carbonyl (C=O) groups excluding carboxylic acids is 8. The molecule has 1 aliphatic heterocycles. The summed E-state index contributed by atoms with van der Waals surface area (Å²) >= 11 is 2.09. The van der Waals surface area contributed by atoms with Crippen LogP contribution < -0.4 is 9.47 Å². The second-order valence-corrected chi connectivity index (χ2v) is 21.7. The summed E-state index contributed by atoms with van der Waals surface area (Å²) in [4.78, 5) is 102. The summed E-state index contributed by atoms with van der Waals surface area (Å²) in [5, 5.41) is 21.6. The Morgan fingerprint density at radius 2 is 1.21 bits per heavy atom. The third-order valence-corrected chi connectivity index (χ3v) is 16.8. The Morgan fingerprint density at radius 3 is 1.86 bits per heavy atom. The van der Waals surface area contributed by atoms with Gasteiger partial charge in [0.15, 0.2) is 17.6 Å². The highest BCUT2D eigenvalue weighted by atomic mass is 32.2. The number of aliphatic hydroxyl groups is 1. The lowest BCUT2D eigenvalue weighted by Crippen LogP contribution is -2.34. The van der Waals surface area contributed by atoms with Crippen molar-refractivity contribution in [1.29, 1.82) is 5.26 Å². The monoisotopic (exact) mass is 1110 g/mol. The molecule has 0 spiro atoms. The topological polar surface area (TPSA) is 273 Å².